The molecule has 28 heavy (non-hydrogen) atoms. The van der Waals surface area contributed by atoms with Crippen LogP contribution in [0.2, 0.25) is 0 Å². The lowest BCUT2D eigenvalue weighted by Gasteiger charge is -2.29. The minimum Gasteiger partial charge on any atom is -0.399 e. The lowest BCUT2D eigenvalue weighted by Crippen LogP contribution is -2.35. The van der Waals surface area contributed by atoms with Crippen molar-refractivity contribution in [3.05, 3.63) is 63.8 Å². The van der Waals surface area contributed by atoms with E-state index in [1.165, 1.54) is 7.11 Å². The molecular weight excluding hydrogens is 358 g/mol. The minimum absolute atomic E-state index is 0.121. The number of nitrogens with zero attached hydrogens (tertiary/aromatic N) is 3. The van der Waals surface area contributed by atoms with Gasteiger partial charge in [-0.15, -0.1) is 0 Å². The molecule has 0 radical (unpaired) electrons. The van der Waals surface area contributed by atoms with Crippen LogP contribution in [0, 0.1) is 0 Å². The first kappa shape index (κ1) is 16.8. The summed E-state index contributed by atoms with van der Waals surface area (Å²) in [6, 6.07) is 6.64. The van der Waals surface area contributed by atoms with E-state index in [9.17, 15) is 14.4 Å². The number of carbonyl (C=O) groups is 3. The molecule has 0 N–H and O–H groups in total. The molecule has 1 fully saturated rings. The first-order valence-electron chi connectivity index (χ1n) is 9.14. The molecule has 0 bridgehead atoms. The van der Waals surface area contributed by atoms with Gasteiger partial charge in [0.1, 0.15) is 30.6 Å². The van der Waals surface area contributed by atoms with Gasteiger partial charge in [-0.25, -0.2) is 4.98 Å². The third-order valence-corrected chi connectivity index (χ3v) is 5.66. The summed E-state index contributed by atoms with van der Waals surface area (Å²) in [4.78, 5) is 48.5. The number of aromatic nitrogens is 2. The molecule has 7 nitrogen and oxygen atoms in total. The van der Waals surface area contributed by atoms with Gasteiger partial charge >= 0.3 is 0 Å². The maximum absolute atomic E-state index is 13.3. The predicted octanol–water partition coefficient (Wildman–Crippen LogP) is 2.32. The molecule has 5 rings (SSSR count). The van der Waals surface area contributed by atoms with Crippen LogP contribution in [0.15, 0.2) is 40.6 Å². The van der Waals surface area contributed by atoms with E-state index < -0.39 is 5.92 Å². The molecule has 1 saturated carbocycles. The van der Waals surface area contributed by atoms with E-state index >= 15 is 0 Å². The Hall–Kier alpha value is -3.35. The summed E-state index contributed by atoms with van der Waals surface area (Å²) in [7, 11) is 3.22. The molecule has 0 saturated heterocycles. The molecule has 3 aliphatic rings. The number of carbonyl (C=O) groups excluding carboxylic acids is 3. The summed E-state index contributed by atoms with van der Waals surface area (Å²) in [5, 5.41) is 4.06. The van der Waals surface area contributed by atoms with Crippen LogP contribution >= 0.6 is 0 Å². The van der Waals surface area contributed by atoms with Gasteiger partial charge in [0.15, 0.2) is 11.6 Å². The van der Waals surface area contributed by atoms with Gasteiger partial charge in [0, 0.05) is 29.7 Å². The van der Waals surface area contributed by atoms with Crippen molar-refractivity contribution in [2.24, 2.45) is 12.2 Å². The van der Waals surface area contributed by atoms with Gasteiger partial charge in [-0.2, -0.15) is 0 Å². The second kappa shape index (κ2) is 5.82. The Morgan fingerprint density at radius 2 is 1.86 bits per heavy atom. The summed E-state index contributed by atoms with van der Waals surface area (Å²) in [5.41, 5.74) is 2.16. The van der Waals surface area contributed by atoms with Crippen molar-refractivity contribution in [1.82, 2.24) is 9.55 Å². The maximum Gasteiger partial charge on any atom is 0.196 e. The highest BCUT2D eigenvalue weighted by Crippen LogP contribution is 2.45. The molecule has 7 heteroatoms. The fourth-order valence-corrected chi connectivity index (χ4v) is 4.26. The Bertz CT molecular complexity index is 1130. The van der Waals surface area contributed by atoms with Gasteiger partial charge in [-0.05, 0) is 12.8 Å². The average molecular weight is 375 g/mol. The van der Waals surface area contributed by atoms with Gasteiger partial charge in [-0.3, -0.25) is 9.59 Å². The van der Waals surface area contributed by atoms with Crippen LogP contribution in [0.1, 0.15) is 62.6 Å². The molecular formula is C21H17N3O4. The SMILES string of the molecule is CO/N=C1/C2=C(C(=O)c3ccccc3C2=O)C(C=O)c2c1nc(C1CC1)n2C. The third-order valence-electron chi connectivity index (χ3n) is 5.66. The maximum atomic E-state index is 13.3. The molecule has 1 aromatic heterocycles. The number of imidazole rings is 1. The fourth-order valence-electron chi connectivity index (χ4n) is 4.26. The summed E-state index contributed by atoms with van der Waals surface area (Å²) in [6.45, 7) is 0. The van der Waals surface area contributed by atoms with Gasteiger partial charge < -0.3 is 14.2 Å². The van der Waals surface area contributed by atoms with E-state index in [2.05, 4.69) is 5.16 Å². The number of oxime groups is 1. The predicted molar refractivity (Wildman–Crippen MR) is 99.7 cm³/mol. The smallest absolute Gasteiger partial charge is 0.196 e. The molecule has 1 atom stereocenters. The number of hydrogen-bond acceptors (Lipinski definition) is 6. The van der Waals surface area contributed by atoms with Crippen molar-refractivity contribution in [2.75, 3.05) is 7.11 Å². The Morgan fingerprint density at radius 1 is 1.18 bits per heavy atom. The summed E-state index contributed by atoms with van der Waals surface area (Å²) in [6.07, 6.45) is 2.78. The van der Waals surface area contributed by atoms with Gasteiger partial charge in [0.05, 0.1) is 17.2 Å². The summed E-state index contributed by atoms with van der Waals surface area (Å²) in [5.74, 6) is -0.358. The molecule has 2 aromatic rings. The Morgan fingerprint density at radius 3 is 2.46 bits per heavy atom. The van der Waals surface area contributed by atoms with Gasteiger partial charge in [0.2, 0.25) is 0 Å². The number of ketones is 2. The molecule has 1 unspecified atom stereocenters. The quantitative estimate of drug-likeness (QED) is 0.607. The zero-order valence-corrected chi connectivity index (χ0v) is 15.4. The van der Waals surface area contributed by atoms with E-state index in [0.717, 1.165) is 25.0 Å². The molecule has 0 spiro atoms. The van der Waals surface area contributed by atoms with E-state index in [4.69, 9.17) is 9.82 Å². The van der Waals surface area contributed by atoms with Crippen LogP contribution in [0.3, 0.4) is 0 Å². The third kappa shape index (κ3) is 2.07. The second-order valence-electron chi connectivity index (χ2n) is 7.27. The van der Waals surface area contributed by atoms with Crippen LogP contribution in [0.5, 0.6) is 0 Å². The topological polar surface area (TPSA) is 90.6 Å². The fraction of sp³-hybridized carbons (Fsp3) is 0.286. The molecule has 1 aromatic carbocycles. The van der Waals surface area contributed by atoms with Gasteiger partial charge in [0.25, 0.3) is 0 Å². The Labute approximate surface area is 160 Å². The molecule has 3 aliphatic carbocycles. The summed E-state index contributed by atoms with van der Waals surface area (Å²) < 4.78 is 1.87. The highest BCUT2D eigenvalue weighted by Gasteiger charge is 2.46. The van der Waals surface area contributed by atoms with Crippen molar-refractivity contribution in [3.8, 4) is 0 Å². The van der Waals surface area contributed by atoms with E-state index in [1.807, 2.05) is 11.6 Å². The molecule has 0 aliphatic heterocycles. The molecule has 1 heterocycles. The van der Waals surface area contributed by atoms with Crippen molar-refractivity contribution in [3.63, 3.8) is 0 Å². The Balaban J connectivity index is 1.82. The van der Waals surface area contributed by atoms with Crippen molar-refractivity contribution < 1.29 is 19.2 Å². The van der Waals surface area contributed by atoms with Crippen LogP contribution in [0.4, 0.5) is 0 Å². The lowest BCUT2D eigenvalue weighted by atomic mass is 9.72. The number of benzene rings is 1. The summed E-state index contributed by atoms with van der Waals surface area (Å²) >= 11 is 0. The first-order valence-corrected chi connectivity index (χ1v) is 9.14. The van der Waals surface area contributed by atoms with Crippen molar-refractivity contribution in [2.45, 2.75) is 24.7 Å². The van der Waals surface area contributed by atoms with Crippen molar-refractivity contribution >= 4 is 23.6 Å². The average Bonchev–Trinajstić information content (AvgIpc) is 3.49. The van der Waals surface area contributed by atoms with E-state index in [1.54, 1.807) is 24.3 Å². The van der Waals surface area contributed by atoms with Crippen LogP contribution in [0.25, 0.3) is 0 Å². The first-order chi connectivity index (χ1) is 13.6. The number of rotatable bonds is 3. The number of hydrogen-bond donors (Lipinski definition) is 0. The number of aldehydes is 1. The molecule has 140 valence electrons. The monoisotopic (exact) mass is 375 g/mol. The highest BCUT2D eigenvalue weighted by atomic mass is 16.6. The standard InChI is InChI=1S/C21H17N3O4/c1-24-18-13(9-25)14-15(20(27)12-6-4-3-5-11(12)19(14)26)16(23-28-2)17(18)22-21(24)10-7-8-10/h3-6,9-10,13H,7-8H2,1-2H3/b23-16-. The number of Topliss-reactive ketones (excluding diaryl/α,β-unsaturated/α-hetero) is 2. The van der Waals surface area contributed by atoms with Crippen molar-refractivity contribution in [1.29, 1.82) is 0 Å². The van der Waals surface area contributed by atoms with Crippen LogP contribution in [-0.2, 0) is 16.7 Å². The number of fused-ring (bicyclic) bond motifs is 2. The largest absolute Gasteiger partial charge is 0.399 e. The zero-order valence-electron chi connectivity index (χ0n) is 15.4. The second-order valence-corrected chi connectivity index (χ2v) is 7.27. The van der Waals surface area contributed by atoms with E-state index in [-0.39, 0.29) is 28.4 Å². The van der Waals surface area contributed by atoms with Gasteiger partial charge in [-0.1, -0.05) is 29.4 Å². The zero-order chi connectivity index (χ0) is 19.6. The van der Waals surface area contributed by atoms with Crippen LogP contribution < -0.4 is 0 Å². The number of allylic oxidation sites excluding steroid dienone is 2. The molecule has 0 amide bonds. The normalized spacial score (nSPS) is 22.1. The highest BCUT2D eigenvalue weighted by molar-refractivity contribution is 6.42. The Kier molecular flexibility index (Phi) is 3.49. The lowest BCUT2D eigenvalue weighted by molar-refractivity contribution is -0.108. The van der Waals surface area contributed by atoms with Crippen LogP contribution in [-0.4, -0.2) is 40.2 Å². The van der Waals surface area contributed by atoms with E-state index in [0.29, 0.717) is 28.4 Å². The minimum atomic E-state index is -0.865.